The first-order valence-corrected chi connectivity index (χ1v) is 6.65. The van der Waals surface area contributed by atoms with Crippen LogP contribution in [-0.2, 0) is 15.6 Å². The van der Waals surface area contributed by atoms with Crippen molar-refractivity contribution in [2.75, 3.05) is 12.8 Å². The molecule has 1 amide bonds. The van der Waals surface area contributed by atoms with Crippen LogP contribution in [0, 0.1) is 0 Å². The first-order valence-electron chi connectivity index (χ1n) is 4.51. The summed E-state index contributed by atoms with van der Waals surface area (Å²) in [6.45, 7) is 0. The third-order valence-corrected chi connectivity index (χ3v) is 4.47. The quantitative estimate of drug-likeness (QED) is 0.869. The fraction of sp³-hybridized carbons (Fsp3) is 0.222. The fourth-order valence-electron chi connectivity index (χ4n) is 1.10. The van der Waals surface area contributed by atoms with E-state index in [1.54, 1.807) is 18.3 Å². The summed E-state index contributed by atoms with van der Waals surface area (Å²) in [6.07, 6.45) is 1.66. The van der Waals surface area contributed by atoms with Gasteiger partial charge >= 0.3 is 0 Å². The fourth-order valence-corrected chi connectivity index (χ4v) is 3.23. The molecule has 0 saturated carbocycles. The summed E-state index contributed by atoms with van der Waals surface area (Å²) in [5.74, 6) is -0.318. The Balaban J connectivity index is 2.26. The molecular formula is C9H9N3O2S2. The number of nitrogens with zero attached hydrogens (tertiary/aromatic N) is 2. The molecule has 1 unspecified atom stereocenters. The number of hydrogen-bond acceptors (Lipinski definition) is 5. The maximum atomic E-state index is 11.8. The lowest BCUT2D eigenvalue weighted by Gasteiger charge is -1.95. The van der Waals surface area contributed by atoms with Crippen LogP contribution in [0.25, 0.3) is 10.3 Å². The standard InChI is InChI=1S/C9H9N3O2S2/c1-10-7(13)5-16(14)9-12-6-3-2-4-11-8(6)15-9/h2-4H,5H2,1H3,(H,10,13). The second-order valence-corrected chi connectivity index (χ2v) is 5.57. The van der Waals surface area contributed by atoms with Crippen molar-refractivity contribution in [2.45, 2.75) is 4.34 Å². The van der Waals surface area contributed by atoms with Crippen molar-refractivity contribution in [3.05, 3.63) is 18.3 Å². The molecule has 0 aliphatic rings. The smallest absolute Gasteiger partial charge is 0.232 e. The zero-order chi connectivity index (χ0) is 11.5. The lowest BCUT2D eigenvalue weighted by Crippen LogP contribution is -2.24. The van der Waals surface area contributed by atoms with Crippen LogP contribution < -0.4 is 5.32 Å². The molecule has 0 aliphatic heterocycles. The van der Waals surface area contributed by atoms with Crippen molar-refractivity contribution in [3.8, 4) is 0 Å². The molecule has 7 heteroatoms. The Morgan fingerprint density at radius 1 is 1.62 bits per heavy atom. The summed E-state index contributed by atoms with van der Waals surface area (Å²) in [5.41, 5.74) is 0.716. The Labute approximate surface area is 98.4 Å². The summed E-state index contributed by atoms with van der Waals surface area (Å²) in [5, 5.41) is 2.43. The molecule has 0 aromatic carbocycles. The van der Waals surface area contributed by atoms with E-state index in [1.165, 1.54) is 18.4 Å². The molecule has 0 spiro atoms. The summed E-state index contributed by atoms with van der Waals surface area (Å²) in [4.78, 5) is 20.1. The molecule has 1 atom stereocenters. The van der Waals surface area contributed by atoms with Crippen LogP contribution in [0.4, 0.5) is 0 Å². The van der Waals surface area contributed by atoms with Crippen LogP contribution in [0.5, 0.6) is 0 Å². The van der Waals surface area contributed by atoms with Gasteiger partial charge in [0.1, 0.15) is 16.1 Å². The Kier molecular flexibility index (Phi) is 3.25. The number of amides is 1. The highest BCUT2D eigenvalue weighted by molar-refractivity contribution is 7.88. The third-order valence-electron chi connectivity index (χ3n) is 1.88. The van der Waals surface area contributed by atoms with Gasteiger partial charge in [0.2, 0.25) is 5.91 Å². The molecule has 0 radical (unpaired) electrons. The number of carbonyl (C=O) groups excluding carboxylic acids is 1. The van der Waals surface area contributed by atoms with Crippen molar-refractivity contribution >= 4 is 38.4 Å². The van der Waals surface area contributed by atoms with Crippen LogP contribution in [0.3, 0.4) is 0 Å². The third kappa shape index (κ3) is 2.25. The number of fused-ring (bicyclic) bond motifs is 1. The van der Waals surface area contributed by atoms with E-state index < -0.39 is 10.8 Å². The van der Waals surface area contributed by atoms with Gasteiger partial charge in [-0.3, -0.25) is 9.00 Å². The van der Waals surface area contributed by atoms with E-state index in [-0.39, 0.29) is 11.7 Å². The Morgan fingerprint density at radius 2 is 2.44 bits per heavy atom. The minimum Gasteiger partial charge on any atom is -0.358 e. The van der Waals surface area contributed by atoms with Crippen LogP contribution in [0.15, 0.2) is 22.7 Å². The van der Waals surface area contributed by atoms with E-state index in [1.807, 2.05) is 0 Å². The Morgan fingerprint density at radius 3 is 3.12 bits per heavy atom. The van der Waals surface area contributed by atoms with Gasteiger partial charge in [-0.1, -0.05) is 11.3 Å². The van der Waals surface area contributed by atoms with E-state index in [0.717, 1.165) is 4.83 Å². The number of carbonyl (C=O) groups is 1. The summed E-state index contributed by atoms with van der Waals surface area (Å²) in [7, 11) is 0.123. The van der Waals surface area contributed by atoms with Crippen LogP contribution in [0.2, 0.25) is 0 Å². The van der Waals surface area contributed by atoms with Crippen LogP contribution in [0.1, 0.15) is 0 Å². The molecule has 2 heterocycles. The molecule has 0 aliphatic carbocycles. The first-order chi connectivity index (χ1) is 7.70. The van der Waals surface area contributed by atoms with E-state index in [0.29, 0.717) is 9.86 Å². The Bertz CT molecular complexity index is 519. The maximum Gasteiger partial charge on any atom is 0.232 e. The van der Waals surface area contributed by atoms with E-state index in [9.17, 15) is 9.00 Å². The lowest BCUT2D eigenvalue weighted by atomic mass is 10.5. The summed E-state index contributed by atoms with van der Waals surface area (Å²) >= 11 is 1.26. The van der Waals surface area contributed by atoms with Gasteiger partial charge in [-0.2, -0.15) is 0 Å². The van der Waals surface area contributed by atoms with Crippen molar-refractivity contribution in [3.63, 3.8) is 0 Å². The van der Waals surface area contributed by atoms with Gasteiger partial charge in [-0.15, -0.1) is 0 Å². The minimum absolute atomic E-state index is 0.0592. The highest BCUT2D eigenvalue weighted by atomic mass is 32.2. The second-order valence-electron chi connectivity index (χ2n) is 2.97. The second kappa shape index (κ2) is 4.67. The van der Waals surface area contributed by atoms with Gasteiger partial charge in [0.05, 0.1) is 10.8 Å². The predicted molar refractivity (Wildman–Crippen MR) is 62.8 cm³/mol. The van der Waals surface area contributed by atoms with Crippen LogP contribution >= 0.6 is 11.3 Å². The monoisotopic (exact) mass is 255 g/mol. The van der Waals surface area contributed by atoms with Gasteiger partial charge < -0.3 is 5.32 Å². The molecular weight excluding hydrogens is 246 g/mol. The minimum atomic E-state index is -1.39. The van der Waals surface area contributed by atoms with Gasteiger partial charge in [-0.05, 0) is 12.1 Å². The average Bonchev–Trinajstić information content (AvgIpc) is 2.72. The van der Waals surface area contributed by atoms with E-state index in [4.69, 9.17) is 0 Å². The highest BCUT2D eigenvalue weighted by Gasteiger charge is 2.14. The molecule has 5 nitrogen and oxygen atoms in total. The van der Waals surface area contributed by atoms with Crippen molar-refractivity contribution < 1.29 is 9.00 Å². The average molecular weight is 255 g/mol. The van der Waals surface area contributed by atoms with Gasteiger partial charge in [0, 0.05) is 13.2 Å². The van der Waals surface area contributed by atoms with E-state index in [2.05, 4.69) is 15.3 Å². The topological polar surface area (TPSA) is 72.0 Å². The molecule has 2 aromatic rings. The zero-order valence-corrected chi connectivity index (χ0v) is 10.1. The number of nitrogens with one attached hydrogen (secondary N) is 1. The number of thiazole rings is 1. The van der Waals surface area contributed by atoms with Gasteiger partial charge in [-0.25, -0.2) is 9.97 Å². The lowest BCUT2D eigenvalue weighted by molar-refractivity contribution is -0.118. The molecule has 16 heavy (non-hydrogen) atoms. The molecule has 2 rings (SSSR count). The van der Waals surface area contributed by atoms with Crippen LogP contribution in [-0.4, -0.2) is 32.9 Å². The Hall–Kier alpha value is -1.34. The SMILES string of the molecule is CNC(=O)CS(=O)c1nc2cccnc2s1. The molecule has 0 saturated heterocycles. The normalized spacial score (nSPS) is 12.6. The molecule has 84 valence electrons. The van der Waals surface area contributed by atoms with Crippen molar-refractivity contribution in [1.82, 2.24) is 15.3 Å². The number of hydrogen-bond donors (Lipinski definition) is 1. The highest BCUT2D eigenvalue weighted by Crippen LogP contribution is 2.21. The van der Waals surface area contributed by atoms with Crippen molar-refractivity contribution in [1.29, 1.82) is 0 Å². The van der Waals surface area contributed by atoms with E-state index >= 15 is 0 Å². The zero-order valence-electron chi connectivity index (χ0n) is 8.47. The number of aromatic nitrogens is 2. The summed E-state index contributed by atoms with van der Waals surface area (Å²) < 4.78 is 12.2. The number of pyridine rings is 1. The first kappa shape index (κ1) is 11.2. The largest absolute Gasteiger partial charge is 0.358 e. The molecule has 2 aromatic heterocycles. The molecule has 1 N–H and O–H groups in total. The van der Waals surface area contributed by atoms with Gasteiger partial charge in [0.25, 0.3) is 0 Å². The maximum absolute atomic E-state index is 11.8. The molecule has 0 fully saturated rings. The number of rotatable bonds is 3. The molecule has 0 bridgehead atoms. The van der Waals surface area contributed by atoms with Gasteiger partial charge in [0.15, 0.2) is 4.34 Å². The summed E-state index contributed by atoms with van der Waals surface area (Å²) in [6, 6.07) is 3.58. The van der Waals surface area contributed by atoms with Crippen molar-refractivity contribution in [2.24, 2.45) is 0 Å². The predicted octanol–water partition coefficient (Wildman–Crippen LogP) is 0.545.